The van der Waals surface area contributed by atoms with Crippen LogP contribution in [0, 0.1) is 10.5 Å². The summed E-state index contributed by atoms with van der Waals surface area (Å²) in [4.78, 5) is 17.2. The fourth-order valence-corrected chi connectivity index (χ4v) is 4.44. The van der Waals surface area contributed by atoms with Gasteiger partial charge in [-0.25, -0.2) is 4.98 Å². The summed E-state index contributed by atoms with van der Waals surface area (Å²) in [6, 6.07) is 21.9. The molecule has 3 aromatic carbocycles. The van der Waals surface area contributed by atoms with Crippen molar-refractivity contribution >= 4 is 72.2 Å². The fraction of sp³-hybridized carbons (Fsp3) is 0.0476. The van der Waals surface area contributed by atoms with Gasteiger partial charge in [-0.3, -0.25) is 10.1 Å². The molecule has 0 aliphatic heterocycles. The van der Waals surface area contributed by atoms with Crippen molar-refractivity contribution in [2.45, 2.75) is 6.92 Å². The largest absolute Gasteiger partial charge is 0.298 e. The van der Waals surface area contributed by atoms with Gasteiger partial charge in [0.05, 0.1) is 10.2 Å². The number of carbonyl (C=O) groups excluding carboxylic acids is 1. The van der Waals surface area contributed by atoms with E-state index in [4.69, 9.17) is 0 Å². The number of hydrogen-bond acceptors (Lipinski definition) is 3. The minimum absolute atomic E-state index is 0. The molecule has 0 aliphatic rings. The average molecular weight is 551 g/mol. The minimum atomic E-state index is -0.145. The highest BCUT2D eigenvalue weighted by molar-refractivity contribution is 14.1. The van der Waals surface area contributed by atoms with E-state index in [-0.39, 0.29) is 22.9 Å². The van der Waals surface area contributed by atoms with Crippen LogP contribution < -0.4 is 5.32 Å². The maximum atomic E-state index is 12.7. The van der Waals surface area contributed by atoms with Gasteiger partial charge in [0.15, 0.2) is 5.13 Å². The van der Waals surface area contributed by atoms with Crippen LogP contribution in [-0.2, 0) is 0 Å². The lowest BCUT2D eigenvalue weighted by Crippen LogP contribution is -2.11. The number of benzene rings is 3. The first-order chi connectivity index (χ1) is 12.6. The number of carbonyl (C=O) groups is 1. The summed E-state index contributed by atoms with van der Waals surface area (Å²) in [5.74, 6) is -0.145. The van der Waals surface area contributed by atoms with Crippen LogP contribution in [0.4, 0.5) is 5.13 Å². The number of thiazole rings is 1. The van der Waals surface area contributed by atoms with Crippen molar-refractivity contribution in [1.82, 2.24) is 4.98 Å². The van der Waals surface area contributed by atoms with Crippen LogP contribution in [0.2, 0.25) is 0 Å². The molecule has 0 saturated heterocycles. The van der Waals surface area contributed by atoms with E-state index in [1.54, 1.807) is 0 Å². The fourth-order valence-electron chi connectivity index (χ4n) is 2.78. The van der Waals surface area contributed by atoms with Gasteiger partial charge in [0.1, 0.15) is 0 Å². The maximum absolute atomic E-state index is 12.7. The Hall–Kier alpha value is -1.77. The standard InChI is InChI=1S/C21H15IN2OS.BrH/c1-13-9-10-18-19(11-13)26-21(23-18)24-20(25)15-6-4-5-14(12-15)16-7-2-3-8-17(16)22;/h2-12H,1H3,(H,23,24,25);1H. The quantitative estimate of drug-likeness (QED) is 0.288. The molecule has 0 unspecified atom stereocenters. The molecule has 1 amide bonds. The predicted molar refractivity (Wildman–Crippen MR) is 127 cm³/mol. The third-order valence-electron chi connectivity index (χ3n) is 4.07. The van der Waals surface area contributed by atoms with Gasteiger partial charge in [0, 0.05) is 9.13 Å². The van der Waals surface area contributed by atoms with Crippen LogP contribution in [0.15, 0.2) is 66.7 Å². The van der Waals surface area contributed by atoms with Crippen molar-refractivity contribution < 1.29 is 4.79 Å². The first-order valence-corrected chi connectivity index (χ1v) is 10.0. The zero-order chi connectivity index (χ0) is 18.1. The Bertz CT molecular complexity index is 1130. The van der Waals surface area contributed by atoms with E-state index in [0.29, 0.717) is 10.7 Å². The second-order valence-corrected chi connectivity index (χ2v) is 8.20. The molecule has 0 atom stereocenters. The van der Waals surface area contributed by atoms with E-state index < -0.39 is 0 Å². The van der Waals surface area contributed by atoms with E-state index in [0.717, 1.165) is 24.9 Å². The minimum Gasteiger partial charge on any atom is -0.298 e. The lowest BCUT2D eigenvalue weighted by Gasteiger charge is -2.07. The van der Waals surface area contributed by atoms with Crippen LogP contribution in [0.1, 0.15) is 15.9 Å². The van der Waals surface area contributed by atoms with Gasteiger partial charge >= 0.3 is 0 Å². The number of aryl methyl sites for hydroxylation is 1. The molecule has 0 spiro atoms. The topological polar surface area (TPSA) is 42.0 Å². The molecule has 3 nitrogen and oxygen atoms in total. The van der Waals surface area contributed by atoms with E-state index in [2.05, 4.69) is 51.1 Å². The van der Waals surface area contributed by atoms with Crippen LogP contribution in [0.5, 0.6) is 0 Å². The van der Waals surface area contributed by atoms with Crippen LogP contribution in [0.3, 0.4) is 0 Å². The monoisotopic (exact) mass is 550 g/mol. The highest BCUT2D eigenvalue weighted by Gasteiger charge is 2.12. The summed E-state index contributed by atoms with van der Waals surface area (Å²) in [6.45, 7) is 2.05. The number of hydrogen-bond donors (Lipinski definition) is 1. The molecule has 0 bridgehead atoms. The molecular weight excluding hydrogens is 535 g/mol. The first-order valence-electron chi connectivity index (χ1n) is 8.14. The first kappa shape index (κ1) is 20.0. The number of fused-ring (bicyclic) bond motifs is 1. The molecule has 0 aliphatic carbocycles. The highest BCUT2D eigenvalue weighted by atomic mass is 127. The lowest BCUT2D eigenvalue weighted by molar-refractivity contribution is 0.102. The van der Waals surface area contributed by atoms with E-state index >= 15 is 0 Å². The second kappa shape index (κ2) is 8.50. The normalized spacial score (nSPS) is 10.4. The highest BCUT2D eigenvalue weighted by Crippen LogP contribution is 2.28. The SMILES string of the molecule is Br.Cc1ccc2nc(NC(=O)c3cccc(-c4ccccc4I)c3)sc2c1. The van der Waals surface area contributed by atoms with Gasteiger partial charge in [-0.1, -0.05) is 47.7 Å². The van der Waals surface area contributed by atoms with E-state index in [1.807, 2.05) is 55.5 Å². The van der Waals surface area contributed by atoms with Gasteiger partial charge in [-0.2, -0.15) is 0 Å². The van der Waals surface area contributed by atoms with Crippen molar-refractivity contribution in [1.29, 1.82) is 0 Å². The van der Waals surface area contributed by atoms with Crippen molar-refractivity contribution in [3.8, 4) is 11.1 Å². The Labute approximate surface area is 185 Å². The van der Waals surface area contributed by atoms with Crippen LogP contribution in [0.25, 0.3) is 21.3 Å². The summed E-state index contributed by atoms with van der Waals surface area (Å²) in [5.41, 5.74) is 4.87. The summed E-state index contributed by atoms with van der Waals surface area (Å²) < 4.78 is 2.23. The summed E-state index contributed by atoms with van der Waals surface area (Å²) in [6.07, 6.45) is 0. The van der Waals surface area contributed by atoms with E-state index in [1.165, 1.54) is 16.9 Å². The summed E-state index contributed by atoms with van der Waals surface area (Å²) in [5, 5.41) is 3.55. The van der Waals surface area contributed by atoms with Crippen molar-refractivity contribution in [3.63, 3.8) is 0 Å². The molecule has 0 radical (unpaired) electrons. The third kappa shape index (κ3) is 4.39. The van der Waals surface area contributed by atoms with Crippen molar-refractivity contribution in [2.75, 3.05) is 5.32 Å². The number of nitrogens with one attached hydrogen (secondary N) is 1. The number of halogens is 2. The molecule has 0 fully saturated rings. The summed E-state index contributed by atoms with van der Waals surface area (Å²) in [7, 11) is 0. The smallest absolute Gasteiger partial charge is 0.257 e. The molecule has 1 aromatic heterocycles. The van der Waals surface area contributed by atoms with Gasteiger partial charge in [0.2, 0.25) is 0 Å². The van der Waals surface area contributed by atoms with Gasteiger partial charge in [-0.15, -0.1) is 17.0 Å². The summed E-state index contributed by atoms with van der Waals surface area (Å²) >= 11 is 3.81. The molecule has 0 saturated carbocycles. The Kier molecular flexibility index (Phi) is 6.29. The number of aromatic nitrogens is 1. The number of anilines is 1. The zero-order valence-electron chi connectivity index (χ0n) is 14.4. The lowest BCUT2D eigenvalue weighted by atomic mass is 10.0. The van der Waals surface area contributed by atoms with Crippen molar-refractivity contribution in [3.05, 3.63) is 81.4 Å². The molecule has 1 N–H and O–H groups in total. The number of nitrogens with zero attached hydrogens (tertiary/aromatic N) is 1. The predicted octanol–water partition coefficient (Wildman–Crippen LogP) is 6.71. The van der Waals surface area contributed by atoms with Gasteiger partial charge in [0.25, 0.3) is 5.91 Å². The molecule has 136 valence electrons. The van der Waals surface area contributed by atoms with E-state index in [9.17, 15) is 4.79 Å². The third-order valence-corrected chi connectivity index (χ3v) is 5.95. The Morgan fingerprint density at radius 1 is 1.04 bits per heavy atom. The second-order valence-electron chi connectivity index (χ2n) is 6.00. The molecular formula is C21H16BrIN2OS. The molecule has 27 heavy (non-hydrogen) atoms. The average Bonchev–Trinajstić information content (AvgIpc) is 3.03. The van der Waals surface area contributed by atoms with Gasteiger partial charge < -0.3 is 0 Å². The van der Waals surface area contributed by atoms with Crippen molar-refractivity contribution in [2.24, 2.45) is 0 Å². The van der Waals surface area contributed by atoms with Crippen LogP contribution >= 0.6 is 50.9 Å². The number of rotatable bonds is 3. The van der Waals surface area contributed by atoms with Gasteiger partial charge in [-0.05, 0) is 76.5 Å². The Morgan fingerprint density at radius 3 is 2.67 bits per heavy atom. The Morgan fingerprint density at radius 2 is 1.85 bits per heavy atom. The molecule has 1 heterocycles. The zero-order valence-corrected chi connectivity index (χ0v) is 19.1. The molecule has 4 aromatic rings. The number of amides is 1. The maximum Gasteiger partial charge on any atom is 0.257 e. The molecule has 6 heteroatoms. The molecule has 4 rings (SSSR count). The Balaban J connectivity index is 0.00000210. The van der Waals surface area contributed by atoms with Crippen LogP contribution in [-0.4, -0.2) is 10.9 Å².